The minimum Gasteiger partial charge on any atom is -0.459 e. The van der Waals surface area contributed by atoms with Gasteiger partial charge in [-0.3, -0.25) is 14.2 Å². The van der Waals surface area contributed by atoms with Gasteiger partial charge >= 0.3 is 0 Å². The number of amides is 1. The predicted molar refractivity (Wildman–Crippen MR) is 136 cm³/mol. The maximum absolute atomic E-state index is 13.4. The maximum atomic E-state index is 13.4. The van der Waals surface area contributed by atoms with Crippen LogP contribution < -0.4 is 0 Å². The molecule has 0 unspecified atom stereocenters. The number of hydrogen-bond donors (Lipinski definition) is 1. The number of ether oxygens (including phenoxy) is 2. The minimum atomic E-state index is -0.610. The van der Waals surface area contributed by atoms with Crippen molar-refractivity contribution in [3.63, 3.8) is 0 Å². The summed E-state index contributed by atoms with van der Waals surface area (Å²) in [6.07, 6.45) is 6.83. The Morgan fingerprint density at radius 1 is 1.03 bits per heavy atom. The van der Waals surface area contributed by atoms with Gasteiger partial charge in [0.2, 0.25) is 12.2 Å². The fourth-order valence-corrected chi connectivity index (χ4v) is 5.07. The molecule has 2 aromatic carbocycles. The summed E-state index contributed by atoms with van der Waals surface area (Å²) in [6, 6.07) is 15.4. The number of hydrogen-bond acceptors (Lipinski definition) is 5. The monoisotopic (exact) mass is 488 g/mol. The standard InChI is InChI=1S/C29H32N2O5/c1-20(33)31-17-25(24-7-3-4-8-26(24)31)23-15-27(29(34)30-13-5-2-6-14-30)36-28(16-23)35-19-22-11-9-21(18-32)10-12-22/h3-4,7-12,15,17,23,28,32H,2,5-6,13-14,16,18-19H2,1H3/t23-,28+/m1/s1. The van der Waals surface area contributed by atoms with E-state index in [1.165, 1.54) is 0 Å². The number of aromatic nitrogens is 1. The van der Waals surface area contributed by atoms with E-state index in [1.54, 1.807) is 11.5 Å². The Bertz CT molecular complexity index is 1270. The molecule has 0 aliphatic carbocycles. The molecule has 1 amide bonds. The molecule has 0 radical (unpaired) electrons. The molecule has 1 fully saturated rings. The minimum absolute atomic E-state index is 0.00478. The Labute approximate surface area is 210 Å². The van der Waals surface area contributed by atoms with Crippen molar-refractivity contribution in [1.29, 1.82) is 0 Å². The highest BCUT2D eigenvalue weighted by Crippen LogP contribution is 2.37. The highest BCUT2D eigenvalue weighted by atomic mass is 16.7. The number of para-hydroxylation sites is 1. The molecule has 2 atom stereocenters. The number of piperidine rings is 1. The van der Waals surface area contributed by atoms with Crippen LogP contribution in [0.25, 0.3) is 10.9 Å². The summed E-state index contributed by atoms with van der Waals surface area (Å²) in [4.78, 5) is 27.6. The second kappa shape index (κ2) is 10.7. The second-order valence-electron chi connectivity index (χ2n) is 9.55. The van der Waals surface area contributed by atoms with Crippen molar-refractivity contribution in [3.05, 3.63) is 83.3 Å². The van der Waals surface area contributed by atoms with Crippen LogP contribution in [-0.2, 0) is 27.5 Å². The van der Waals surface area contributed by atoms with Crippen LogP contribution in [0.1, 0.15) is 60.0 Å². The molecule has 1 aromatic heterocycles. The molecule has 2 aliphatic heterocycles. The van der Waals surface area contributed by atoms with Crippen molar-refractivity contribution in [2.45, 2.75) is 58.0 Å². The Hall–Kier alpha value is -3.42. The van der Waals surface area contributed by atoms with E-state index in [4.69, 9.17) is 9.47 Å². The Balaban J connectivity index is 1.44. The van der Waals surface area contributed by atoms with E-state index in [0.717, 1.165) is 59.9 Å². The number of likely N-dealkylation sites (tertiary alicyclic amines) is 1. The highest BCUT2D eigenvalue weighted by molar-refractivity contribution is 5.95. The Morgan fingerprint density at radius 3 is 2.47 bits per heavy atom. The van der Waals surface area contributed by atoms with Crippen molar-refractivity contribution in [2.24, 2.45) is 0 Å². The van der Waals surface area contributed by atoms with Crippen LogP contribution in [0.3, 0.4) is 0 Å². The third-order valence-corrected chi connectivity index (χ3v) is 7.03. The van der Waals surface area contributed by atoms with E-state index >= 15 is 0 Å². The van der Waals surface area contributed by atoms with E-state index < -0.39 is 6.29 Å². The Morgan fingerprint density at radius 2 is 1.75 bits per heavy atom. The lowest BCUT2D eigenvalue weighted by Crippen LogP contribution is -2.39. The van der Waals surface area contributed by atoms with Crippen LogP contribution in [0.2, 0.25) is 0 Å². The zero-order valence-corrected chi connectivity index (χ0v) is 20.6. The molecule has 0 saturated carbocycles. The highest BCUT2D eigenvalue weighted by Gasteiger charge is 2.33. The molecule has 36 heavy (non-hydrogen) atoms. The zero-order chi connectivity index (χ0) is 25.1. The van der Waals surface area contributed by atoms with Gasteiger partial charge < -0.3 is 19.5 Å². The van der Waals surface area contributed by atoms with Crippen LogP contribution in [0.15, 0.2) is 66.6 Å². The van der Waals surface area contributed by atoms with Crippen LogP contribution in [0.4, 0.5) is 0 Å². The molecule has 1 saturated heterocycles. The quantitative estimate of drug-likeness (QED) is 0.542. The van der Waals surface area contributed by atoms with Crippen molar-refractivity contribution in [1.82, 2.24) is 9.47 Å². The molecule has 1 N–H and O–H groups in total. The number of aliphatic hydroxyl groups is 1. The Kier molecular flexibility index (Phi) is 7.20. The number of carbonyl (C=O) groups excluding carboxylic acids is 2. The van der Waals surface area contributed by atoms with Gasteiger partial charge in [0.1, 0.15) is 0 Å². The number of aliphatic hydroxyl groups excluding tert-OH is 1. The van der Waals surface area contributed by atoms with Crippen LogP contribution >= 0.6 is 0 Å². The summed E-state index contributed by atoms with van der Waals surface area (Å²) in [5, 5.41) is 10.3. The lowest BCUT2D eigenvalue weighted by atomic mass is 9.92. The molecule has 7 heteroatoms. The van der Waals surface area contributed by atoms with E-state index in [-0.39, 0.29) is 24.3 Å². The van der Waals surface area contributed by atoms with Gasteiger partial charge in [-0.15, -0.1) is 0 Å². The number of carbonyl (C=O) groups is 2. The van der Waals surface area contributed by atoms with Crippen LogP contribution in [0, 0.1) is 0 Å². The number of rotatable bonds is 6. The number of benzene rings is 2. The fourth-order valence-electron chi connectivity index (χ4n) is 5.07. The van der Waals surface area contributed by atoms with E-state index in [9.17, 15) is 14.7 Å². The van der Waals surface area contributed by atoms with Gasteiger partial charge in [0.25, 0.3) is 5.91 Å². The second-order valence-corrected chi connectivity index (χ2v) is 9.55. The molecule has 7 nitrogen and oxygen atoms in total. The molecule has 3 heterocycles. The largest absolute Gasteiger partial charge is 0.459 e. The SMILES string of the molecule is CC(=O)n1cc([C@@H]2C=C(C(=O)N3CCCCC3)O[C@H](OCc3ccc(CO)cc3)C2)c2ccccc21. The van der Waals surface area contributed by atoms with Gasteiger partial charge in [0.05, 0.1) is 18.7 Å². The molecular weight excluding hydrogens is 456 g/mol. The third kappa shape index (κ3) is 5.08. The fraction of sp³-hybridized carbons (Fsp3) is 0.379. The van der Waals surface area contributed by atoms with Crippen molar-refractivity contribution in [3.8, 4) is 0 Å². The summed E-state index contributed by atoms with van der Waals surface area (Å²) in [6.45, 7) is 3.33. The first kappa shape index (κ1) is 24.3. The lowest BCUT2D eigenvalue weighted by Gasteiger charge is -2.33. The van der Waals surface area contributed by atoms with Gasteiger partial charge in [-0.25, -0.2) is 0 Å². The van der Waals surface area contributed by atoms with E-state index in [0.29, 0.717) is 18.8 Å². The first-order valence-corrected chi connectivity index (χ1v) is 12.6. The summed E-state index contributed by atoms with van der Waals surface area (Å²) in [5.74, 6) is 0.0102. The van der Waals surface area contributed by atoms with E-state index in [2.05, 4.69) is 0 Å². The summed E-state index contributed by atoms with van der Waals surface area (Å²) >= 11 is 0. The van der Waals surface area contributed by atoms with E-state index in [1.807, 2.05) is 65.7 Å². The summed E-state index contributed by atoms with van der Waals surface area (Å²) in [5.41, 5.74) is 3.63. The number of allylic oxidation sites excluding steroid dienone is 1. The molecule has 3 aromatic rings. The predicted octanol–water partition coefficient (Wildman–Crippen LogP) is 4.74. The molecule has 0 spiro atoms. The smallest absolute Gasteiger partial charge is 0.288 e. The molecule has 0 bridgehead atoms. The van der Waals surface area contributed by atoms with Crippen LogP contribution in [0.5, 0.6) is 0 Å². The van der Waals surface area contributed by atoms with Crippen LogP contribution in [-0.4, -0.2) is 45.8 Å². The first-order valence-electron chi connectivity index (χ1n) is 12.6. The van der Waals surface area contributed by atoms with Gasteiger partial charge in [-0.1, -0.05) is 42.5 Å². The third-order valence-electron chi connectivity index (χ3n) is 7.03. The van der Waals surface area contributed by atoms with Crippen molar-refractivity contribution >= 4 is 22.7 Å². The molecular formula is C29H32N2O5. The lowest BCUT2D eigenvalue weighted by molar-refractivity contribution is -0.156. The van der Waals surface area contributed by atoms with Gasteiger partial charge in [0, 0.05) is 43.9 Å². The normalized spacial score (nSPS) is 20.2. The summed E-state index contributed by atoms with van der Waals surface area (Å²) in [7, 11) is 0. The van der Waals surface area contributed by atoms with Gasteiger partial charge in [-0.2, -0.15) is 0 Å². The zero-order valence-electron chi connectivity index (χ0n) is 20.6. The average Bonchev–Trinajstić information content (AvgIpc) is 3.32. The van der Waals surface area contributed by atoms with Crippen molar-refractivity contribution < 1.29 is 24.2 Å². The first-order chi connectivity index (χ1) is 17.5. The van der Waals surface area contributed by atoms with Gasteiger partial charge in [0.15, 0.2) is 5.76 Å². The molecule has 188 valence electrons. The topological polar surface area (TPSA) is 81.0 Å². The number of fused-ring (bicyclic) bond motifs is 1. The molecule has 2 aliphatic rings. The number of nitrogens with zero attached hydrogens (tertiary/aromatic N) is 2. The summed E-state index contributed by atoms with van der Waals surface area (Å²) < 4.78 is 13.9. The average molecular weight is 489 g/mol. The van der Waals surface area contributed by atoms with Crippen molar-refractivity contribution in [2.75, 3.05) is 13.1 Å². The molecule has 5 rings (SSSR count). The van der Waals surface area contributed by atoms with Gasteiger partial charge in [-0.05, 0) is 48.1 Å². The maximum Gasteiger partial charge on any atom is 0.288 e.